The van der Waals surface area contributed by atoms with E-state index >= 15 is 0 Å². The molecule has 0 fully saturated rings. The average molecular weight is 362 g/mol. The summed E-state index contributed by atoms with van der Waals surface area (Å²) in [5.74, 6) is 0.865. The van der Waals surface area contributed by atoms with Crippen molar-refractivity contribution >= 4 is 52.0 Å². The summed E-state index contributed by atoms with van der Waals surface area (Å²) in [6, 6.07) is 11.7. The fraction of sp³-hybridized carbons (Fsp3) is 0.118. The number of aromatic nitrogens is 2. The molecule has 0 spiro atoms. The first-order valence-electron chi connectivity index (χ1n) is 7.13. The Kier molecular flexibility index (Phi) is 3.76. The number of hydrogen-bond donors (Lipinski definition) is 0. The summed E-state index contributed by atoms with van der Waals surface area (Å²) in [5, 5.41) is 3.61. The summed E-state index contributed by atoms with van der Waals surface area (Å²) < 4.78 is 2.05. The van der Waals surface area contributed by atoms with E-state index in [0.717, 1.165) is 39.3 Å². The van der Waals surface area contributed by atoms with Crippen molar-refractivity contribution in [3.05, 3.63) is 69.4 Å². The smallest absolute Gasteiger partial charge is 0.137 e. The Hall–Kier alpha value is -1.62. The first-order chi connectivity index (χ1) is 11.1. The largest absolute Gasteiger partial charge is 0.329 e. The molecular weight excluding hydrogens is 349 g/mol. The van der Waals surface area contributed by atoms with Crippen LogP contribution in [0.4, 0.5) is 5.69 Å². The van der Waals surface area contributed by atoms with Gasteiger partial charge in [-0.15, -0.1) is 11.8 Å². The maximum absolute atomic E-state index is 6.18. The molecule has 0 bridgehead atoms. The Labute approximate surface area is 148 Å². The van der Waals surface area contributed by atoms with Gasteiger partial charge in [-0.1, -0.05) is 23.2 Å². The summed E-state index contributed by atoms with van der Waals surface area (Å²) in [5.41, 5.74) is 5.20. The maximum atomic E-state index is 6.18. The minimum atomic E-state index is 0.695. The van der Waals surface area contributed by atoms with E-state index in [0.29, 0.717) is 5.02 Å². The summed E-state index contributed by atoms with van der Waals surface area (Å²) in [7, 11) is 0. The second kappa shape index (κ2) is 5.78. The second-order valence-electron chi connectivity index (χ2n) is 5.32. The van der Waals surface area contributed by atoms with Crippen LogP contribution in [-0.4, -0.2) is 15.3 Å². The van der Waals surface area contributed by atoms with Crippen LogP contribution in [-0.2, 0) is 0 Å². The van der Waals surface area contributed by atoms with E-state index in [-0.39, 0.29) is 0 Å². The van der Waals surface area contributed by atoms with Crippen LogP contribution in [0.5, 0.6) is 0 Å². The van der Waals surface area contributed by atoms with Gasteiger partial charge in [0.15, 0.2) is 0 Å². The highest BCUT2D eigenvalue weighted by atomic mass is 35.5. The van der Waals surface area contributed by atoms with Crippen LogP contribution in [0.2, 0.25) is 10.0 Å². The summed E-state index contributed by atoms with van der Waals surface area (Å²) in [4.78, 5) is 6.91. The van der Waals surface area contributed by atoms with Gasteiger partial charge in [0.2, 0.25) is 0 Å². The van der Waals surface area contributed by atoms with Gasteiger partial charge in [0, 0.05) is 16.9 Å². The SMILES string of the molecule is Cc1nc2ccc(Cl)cn2c1C1=CSCN1c1ccc(Cl)cc1. The van der Waals surface area contributed by atoms with Gasteiger partial charge >= 0.3 is 0 Å². The Balaban J connectivity index is 1.84. The fourth-order valence-corrected chi connectivity index (χ4v) is 3.98. The molecule has 0 aliphatic carbocycles. The first-order valence-corrected chi connectivity index (χ1v) is 8.93. The van der Waals surface area contributed by atoms with Crippen molar-refractivity contribution in [2.24, 2.45) is 0 Å². The number of hydrogen-bond acceptors (Lipinski definition) is 3. The number of nitrogens with zero attached hydrogens (tertiary/aromatic N) is 3. The predicted octanol–water partition coefficient (Wildman–Crippen LogP) is 5.46. The summed E-state index contributed by atoms with van der Waals surface area (Å²) >= 11 is 13.9. The number of aryl methyl sites for hydroxylation is 1. The zero-order chi connectivity index (χ0) is 16.0. The number of rotatable bonds is 2. The minimum Gasteiger partial charge on any atom is -0.329 e. The number of thioether (sulfide) groups is 1. The minimum absolute atomic E-state index is 0.695. The van der Waals surface area contributed by atoms with Gasteiger partial charge in [0.25, 0.3) is 0 Å². The van der Waals surface area contributed by atoms with Crippen LogP contribution in [0.15, 0.2) is 48.0 Å². The highest BCUT2D eigenvalue weighted by Gasteiger charge is 2.24. The molecule has 0 radical (unpaired) electrons. The number of fused-ring (bicyclic) bond motifs is 1. The molecule has 0 atom stereocenters. The quantitative estimate of drug-likeness (QED) is 0.604. The highest BCUT2D eigenvalue weighted by Crippen LogP contribution is 2.37. The fourth-order valence-electron chi connectivity index (χ4n) is 2.79. The van der Waals surface area contributed by atoms with E-state index in [1.54, 1.807) is 11.8 Å². The van der Waals surface area contributed by atoms with Crippen LogP contribution >= 0.6 is 35.0 Å². The number of imidazole rings is 1. The Morgan fingerprint density at radius 2 is 1.78 bits per heavy atom. The molecule has 0 unspecified atom stereocenters. The Morgan fingerprint density at radius 1 is 1.04 bits per heavy atom. The van der Waals surface area contributed by atoms with E-state index in [4.69, 9.17) is 23.2 Å². The molecule has 23 heavy (non-hydrogen) atoms. The molecule has 1 aliphatic rings. The van der Waals surface area contributed by atoms with Crippen molar-refractivity contribution in [2.75, 3.05) is 10.8 Å². The standard InChI is InChI=1S/C17H13Cl2N3S/c1-11-17(21-8-13(19)4-7-16(21)20-11)15-9-23-10-22(15)14-5-2-12(18)3-6-14/h2-9H,10H2,1H3. The van der Waals surface area contributed by atoms with Crippen molar-refractivity contribution in [3.8, 4) is 0 Å². The molecule has 3 nitrogen and oxygen atoms in total. The molecule has 116 valence electrons. The third-order valence-electron chi connectivity index (χ3n) is 3.83. The molecule has 6 heteroatoms. The zero-order valence-corrected chi connectivity index (χ0v) is 14.7. The van der Waals surface area contributed by atoms with Crippen molar-refractivity contribution < 1.29 is 0 Å². The lowest BCUT2D eigenvalue weighted by atomic mass is 10.2. The second-order valence-corrected chi connectivity index (χ2v) is 7.02. The predicted molar refractivity (Wildman–Crippen MR) is 99.3 cm³/mol. The summed E-state index contributed by atoms with van der Waals surface area (Å²) in [6.07, 6.45) is 1.91. The normalized spacial score (nSPS) is 14.6. The third kappa shape index (κ3) is 2.61. The van der Waals surface area contributed by atoms with Gasteiger partial charge in [-0.25, -0.2) is 4.98 Å². The number of benzene rings is 1. The van der Waals surface area contributed by atoms with Crippen LogP contribution in [0.1, 0.15) is 11.4 Å². The van der Waals surface area contributed by atoms with E-state index in [2.05, 4.69) is 19.7 Å². The lowest BCUT2D eigenvalue weighted by Gasteiger charge is -2.22. The molecule has 1 aromatic carbocycles. The van der Waals surface area contributed by atoms with E-state index in [9.17, 15) is 0 Å². The topological polar surface area (TPSA) is 20.5 Å². The third-order valence-corrected chi connectivity index (χ3v) is 5.10. The molecule has 1 aliphatic heterocycles. The van der Waals surface area contributed by atoms with Crippen molar-refractivity contribution in [1.82, 2.24) is 9.38 Å². The Morgan fingerprint density at radius 3 is 2.57 bits per heavy atom. The van der Waals surface area contributed by atoms with Gasteiger partial charge < -0.3 is 4.90 Å². The van der Waals surface area contributed by atoms with Gasteiger partial charge in [-0.3, -0.25) is 4.40 Å². The van der Waals surface area contributed by atoms with Crippen molar-refractivity contribution in [1.29, 1.82) is 0 Å². The number of anilines is 1. The lowest BCUT2D eigenvalue weighted by Crippen LogP contribution is -2.18. The van der Waals surface area contributed by atoms with Crippen LogP contribution in [0.25, 0.3) is 11.3 Å². The van der Waals surface area contributed by atoms with E-state index in [1.165, 1.54) is 0 Å². The van der Waals surface area contributed by atoms with Crippen molar-refractivity contribution in [3.63, 3.8) is 0 Å². The lowest BCUT2D eigenvalue weighted by molar-refractivity contribution is 1.10. The highest BCUT2D eigenvalue weighted by molar-refractivity contribution is 8.02. The molecule has 0 saturated carbocycles. The Bertz CT molecular complexity index is 915. The average Bonchev–Trinajstić information content (AvgIpc) is 3.11. The summed E-state index contributed by atoms with van der Waals surface area (Å²) in [6.45, 7) is 2.03. The zero-order valence-electron chi connectivity index (χ0n) is 12.3. The van der Waals surface area contributed by atoms with E-state index in [1.807, 2.05) is 49.5 Å². The van der Waals surface area contributed by atoms with Crippen LogP contribution < -0.4 is 4.90 Å². The van der Waals surface area contributed by atoms with Gasteiger partial charge in [0.1, 0.15) is 5.65 Å². The maximum Gasteiger partial charge on any atom is 0.137 e. The molecule has 0 amide bonds. The molecule has 0 N–H and O–H groups in total. The molecule has 4 rings (SSSR count). The molecule has 0 saturated heterocycles. The van der Waals surface area contributed by atoms with Crippen molar-refractivity contribution in [2.45, 2.75) is 6.92 Å². The molecule has 3 heterocycles. The molecule has 2 aromatic heterocycles. The molecule has 3 aromatic rings. The van der Waals surface area contributed by atoms with Gasteiger partial charge in [-0.2, -0.15) is 0 Å². The van der Waals surface area contributed by atoms with Crippen LogP contribution in [0.3, 0.4) is 0 Å². The van der Waals surface area contributed by atoms with Gasteiger partial charge in [-0.05, 0) is 48.7 Å². The number of pyridine rings is 1. The van der Waals surface area contributed by atoms with Crippen LogP contribution in [0, 0.1) is 6.92 Å². The van der Waals surface area contributed by atoms with E-state index < -0.39 is 0 Å². The monoisotopic (exact) mass is 361 g/mol. The molecular formula is C17H13Cl2N3S. The number of halogens is 2. The van der Waals surface area contributed by atoms with Gasteiger partial charge in [0.05, 0.1) is 28.0 Å². The first kappa shape index (κ1) is 14.9.